The van der Waals surface area contributed by atoms with Crippen LogP contribution in [-0.4, -0.2) is 48.1 Å². The number of hydrogen-bond acceptors (Lipinski definition) is 3. The van der Waals surface area contributed by atoms with E-state index in [2.05, 4.69) is 0 Å². The lowest BCUT2D eigenvalue weighted by Crippen LogP contribution is -2.40. The summed E-state index contributed by atoms with van der Waals surface area (Å²) in [5.74, 6) is 0.0453. The molecule has 2 aliphatic heterocycles. The Hall–Kier alpha value is -1.24. The Kier molecular flexibility index (Phi) is 2.37. The van der Waals surface area contributed by atoms with Crippen LogP contribution in [0.3, 0.4) is 0 Å². The molecule has 16 heavy (non-hydrogen) atoms. The van der Waals surface area contributed by atoms with E-state index in [9.17, 15) is 18.0 Å². The van der Waals surface area contributed by atoms with Crippen LogP contribution in [0.25, 0.3) is 0 Å². The lowest BCUT2D eigenvalue weighted by Gasteiger charge is -2.20. The van der Waals surface area contributed by atoms with Crippen LogP contribution in [0, 0.1) is 0 Å². The van der Waals surface area contributed by atoms with E-state index in [1.165, 1.54) is 4.90 Å². The number of nitrogens with zero attached hydrogens (tertiary/aromatic N) is 2. The van der Waals surface area contributed by atoms with Crippen LogP contribution in [0.2, 0.25) is 0 Å². The highest BCUT2D eigenvalue weighted by atomic mass is 19.4. The van der Waals surface area contributed by atoms with Gasteiger partial charge in [0.2, 0.25) is 5.91 Å². The molecular formula is C9H12F3N3O. The van der Waals surface area contributed by atoms with Gasteiger partial charge in [-0.15, -0.1) is 0 Å². The van der Waals surface area contributed by atoms with Crippen LogP contribution in [0.1, 0.15) is 6.42 Å². The van der Waals surface area contributed by atoms with E-state index in [1.807, 2.05) is 0 Å². The lowest BCUT2D eigenvalue weighted by atomic mass is 10.1. The third-order valence-corrected chi connectivity index (χ3v) is 2.93. The molecule has 1 fully saturated rings. The zero-order valence-corrected chi connectivity index (χ0v) is 8.71. The van der Waals surface area contributed by atoms with Crippen LogP contribution in [0.4, 0.5) is 13.2 Å². The van der Waals surface area contributed by atoms with Gasteiger partial charge in [0, 0.05) is 25.7 Å². The minimum Gasteiger partial charge on any atom is -0.359 e. The Balaban J connectivity index is 2.36. The molecular weight excluding hydrogens is 223 g/mol. The lowest BCUT2D eigenvalue weighted by molar-refractivity contribution is -0.140. The molecule has 2 N–H and O–H groups in total. The Morgan fingerprint density at radius 1 is 1.38 bits per heavy atom. The van der Waals surface area contributed by atoms with Crippen LogP contribution in [-0.2, 0) is 4.79 Å². The number of carbonyl (C=O) groups excluding carboxylic acids is 1. The van der Waals surface area contributed by atoms with Crippen molar-refractivity contribution in [1.29, 1.82) is 0 Å². The summed E-state index contributed by atoms with van der Waals surface area (Å²) < 4.78 is 37.5. The molecule has 0 bridgehead atoms. The number of nitrogens with two attached hydrogens (primary N) is 1. The first-order valence-corrected chi connectivity index (χ1v) is 4.89. The Morgan fingerprint density at radius 2 is 2.00 bits per heavy atom. The summed E-state index contributed by atoms with van der Waals surface area (Å²) in [5.41, 5.74) is 5.13. The molecule has 0 aromatic carbocycles. The molecule has 1 unspecified atom stereocenters. The van der Waals surface area contributed by atoms with Gasteiger partial charge >= 0.3 is 6.18 Å². The highest BCUT2D eigenvalue weighted by Crippen LogP contribution is 2.36. The van der Waals surface area contributed by atoms with Gasteiger partial charge in [-0.3, -0.25) is 9.69 Å². The summed E-state index contributed by atoms with van der Waals surface area (Å²) in [6.07, 6.45) is -4.72. The summed E-state index contributed by atoms with van der Waals surface area (Å²) in [7, 11) is 1.66. The standard InChI is InChI=1S/C9H12F3N3O/c1-14-2-3-15-6(16)4-5(8(14)15)7(13)9(10,11)12/h7H,2-4,13H2,1H3. The Morgan fingerprint density at radius 3 is 2.56 bits per heavy atom. The van der Waals surface area contributed by atoms with Gasteiger partial charge in [-0.2, -0.15) is 13.2 Å². The monoisotopic (exact) mass is 235 g/mol. The van der Waals surface area contributed by atoms with Crippen molar-refractivity contribution in [3.05, 3.63) is 11.4 Å². The first-order valence-electron chi connectivity index (χ1n) is 4.89. The number of halogens is 3. The highest BCUT2D eigenvalue weighted by molar-refractivity contribution is 5.85. The number of amides is 1. The van der Waals surface area contributed by atoms with Crippen molar-refractivity contribution in [2.24, 2.45) is 5.73 Å². The average molecular weight is 235 g/mol. The number of likely N-dealkylation sites (N-methyl/N-ethyl adjacent to an activating group) is 1. The highest BCUT2D eigenvalue weighted by Gasteiger charge is 2.47. The van der Waals surface area contributed by atoms with E-state index in [1.54, 1.807) is 11.9 Å². The average Bonchev–Trinajstić information content (AvgIpc) is 2.67. The van der Waals surface area contributed by atoms with Crippen molar-refractivity contribution in [2.75, 3.05) is 20.1 Å². The number of rotatable bonds is 1. The van der Waals surface area contributed by atoms with E-state index < -0.39 is 12.2 Å². The molecule has 0 aliphatic carbocycles. The zero-order chi connectivity index (χ0) is 12.1. The van der Waals surface area contributed by atoms with Crippen molar-refractivity contribution >= 4 is 5.91 Å². The van der Waals surface area contributed by atoms with E-state index in [0.29, 0.717) is 18.9 Å². The summed E-state index contributed by atoms with van der Waals surface area (Å²) in [4.78, 5) is 14.5. The first kappa shape index (κ1) is 11.3. The van der Waals surface area contributed by atoms with Gasteiger partial charge in [0.15, 0.2) is 0 Å². The summed E-state index contributed by atoms with van der Waals surface area (Å²) >= 11 is 0. The van der Waals surface area contributed by atoms with Crippen LogP contribution >= 0.6 is 0 Å². The molecule has 2 heterocycles. The first-order chi connectivity index (χ1) is 7.32. The largest absolute Gasteiger partial charge is 0.407 e. The molecule has 2 aliphatic rings. The number of carbonyl (C=O) groups is 1. The van der Waals surface area contributed by atoms with Gasteiger partial charge in [0.25, 0.3) is 0 Å². The fourth-order valence-corrected chi connectivity index (χ4v) is 2.11. The fourth-order valence-electron chi connectivity index (χ4n) is 2.11. The number of fused-ring (bicyclic) bond motifs is 1. The summed E-state index contributed by atoms with van der Waals surface area (Å²) in [6.45, 7) is 0.994. The van der Waals surface area contributed by atoms with Crippen molar-refractivity contribution < 1.29 is 18.0 Å². The summed E-state index contributed by atoms with van der Waals surface area (Å²) in [6, 6.07) is -2.04. The van der Waals surface area contributed by atoms with Gasteiger partial charge in [0.1, 0.15) is 11.9 Å². The number of alkyl halides is 3. The fraction of sp³-hybridized carbons (Fsp3) is 0.667. The maximum Gasteiger partial charge on any atom is 0.407 e. The minimum absolute atomic E-state index is 0.0162. The van der Waals surface area contributed by atoms with Gasteiger partial charge in [-0.05, 0) is 0 Å². The predicted octanol–water partition coefficient (Wildman–Crippen LogP) is 0.265. The van der Waals surface area contributed by atoms with Crippen LogP contribution < -0.4 is 5.73 Å². The van der Waals surface area contributed by atoms with Gasteiger partial charge < -0.3 is 10.6 Å². The van der Waals surface area contributed by atoms with Crippen LogP contribution in [0.5, 0.6) is 0 Å². The normalized spacial score (nSPS) is 23.2. The molecule has 0 spiro atoms. The third-order valence-electron chi connectivity index (χ3n) is 2.93. The van der Waals surface area contributed by atoms with Crippen molar-refractivity contribution in [2.45, 2.75) is 18.6 Å². The second-order valence-electron chi connectivity index (χ2n) is 4.01. The Labute approximate surface area is 90.5 Å². The topological polar surface area (TPSA) is 49.6 Å². The van der Waals surface area contributed by atoms with Crippen molar-refractivity contribution in [1.82, 2.24) is 9.80 Å². The van der Waals surface area contributed by atoms with Gasteiger partial charge in [-0.25, -0.2) is 0 Å². The SMILES string of the molecule is CN1CCN2C(=O)CC(C(N)C(F)(F)F)=C12. The van der Waals surface area contributed by atoms with Crippen molar-refractivity contribution in [3.8, 4) is 0 Å². The molecule has 0 saturated carbocycles. The molecule has 1 atom stereocenters. The predicted molar refractivity (Wildman–Crippen MR) is 50.0 cm³/mol. The molecule has 7 heteroatoms. The molecule has 2 rings (SSSR count). The second kappa shape index (κ2) is 3.38. The smallest absolute Gasteiger partial charge is 0.359 e. The summed E-state index contributed by atoms with van der Waals surface area (Å²) in [5, 5.41) is 0. The molecule has 0 aromatic rings. The maximum atomic E-state index is 12.5. The van der Waals surface area contributed by atoms with E-state index in [4.69, 9.17) is 5.73 Å². The van der Waals surface area contributed by atoms with Gasteiger partial charge in [0.05, 0.1) is 6.42 Å². The van der Waals surface area contributed by atoms with E-state index in [-0.39, 0.29) is 17.9 Å². The molecule has 4 nitrogen and oxygen atoms in total. The minimum atomic E-state index is -4.50. The second-order valence-corrected chi connectivity index (χ2v) is 4.01. The maximum absolute atomic E-state index is 12.5. The molecule has 1 saturated heterocycles. The van der Waals surface area contributed by atoms with E-state index >= 15 is 0 Å². The third kappa shape index (κ3) is 1.55. The molecule has 90 valence electrons. The van der Waals surface area contributed by atoms with Gasteiger partial charge in [-0.1, -0.05) is 0 Å². The Bertz CT molecular complexity index is 364. The number of hydrogen-bond donors (Lipinski definition) is 1. The molecule has 0 aromatic heterocycles. The molecule has 1 amide bonds. The zero-order valence-electron chi connectivity index (χ0n) is 8.71. The molecule has 0 radical (unpaired) electrons. The quantitative estimate of drug-likeness (QED) is 0.709. The van der Waals surface area contributed by atoms with Crippen molar-refractivity contribution in [3.63, 3.8) is 0 Å². The van der Waals surface area contributed by atoms with E-state index in [0.717, 1.165) is 0 Å². The van der Waals surface area contributed by atoms with Crippen LogP contribution in [0.15, 0.2) is 11.4 Å².